The molecule has 58 valence electrons. The van der Waals surface area contributed by atoms with Crippen LogP contribution in [-0.4, -0.2) is 14.1 Å². The van der Waals surface area contributed by atoms with Crippen molar-refractivity contribution in [2.24, 2.45) is 5.41 Å². The average Bonchev–Trinajstić information content (AvgIpc) is 1.67. The largest absolute Gasteiger partial charge is 0.323 e. The van der Waals surface area contributed by atoms with Crippen LogP contribution in [0, 0.1) is 5.41 Å². The molecule has 1 heteroatoms. The van der Waals surface area contributed by atoms with E-state index in [-0.39, 0.29) is 0 Å². The Bertz CT molecular complexity index is 43.0. The maximum atomic E-state index is 2.75. The van der Waals surface area contributed by atoms with Gasteiger partial charge in [-0.15, -0.1) is 0 Å². The van der Waals surface area contributed by atoms with Crippen LogP contribution in [0.25, 0.3) is 0 Å². The second-order valence-electron chi connectivity index (χ2n) is 3.41. The van der Waals surface area contributed by atoms with E-state index in [1.807, 2.05) is 14.1 Å². The molecule has 9 heavy (non-hydrogen) atoms. The van der Waals surface area contributed by atoms with E-state index in [1.165, 1.54) is 6.42 Å². The van der Waals surface area contributed by atoms with Crippen LogP contribution >= 0.6 is 0 Å². The summed E-state index contributed by atoms with van der Waals surface area (Å²) in [6.45, 7) is 8.94. The van der Waals surface area contributed by atoms with E-state index in [2.05, 4.69) is 33.0 Å². The highest BCUT2D eigenvalue weighted by Gasteiger charge is 2.03. The van der Waals surface area contributed by atoms with E-state index >= 15 is 0 Å². The fraction of sp³-hybridized carbons (Fsp3) is 1.00. The van der Waals surface area contributed by atoms with Crippen molar-refractivity contribution in [2.75, 3.05) is 14.1 Å². The highest BCUT2D eigenvalue weighted by molar-refractivity contribution is 4.55. The lowest BCUT2D eigenvalue weighted by molar-refractivity contribution is 0.398. The Morgan fingerprint density at radius 2 is 1.22 bits per heavy atom. The minimum Gasteiger partial charge on any atom is -0.323 e. The van der Waals surface area contributed by atoms with Crippen molar-refractivity contribution < 1.29 is 0 Å². The molecule has 0 aliphatic heterocycles. The summed E-state index contributed by atoms with van der Waals surface area (Å²) in [6, 6.07) is 0. The first-order chi connectivity index (χ1) is 3.97. The lowest BCUT2D eigenvalue weighted by Crippen LogP contribution is -2.00. The van der Waals surface area contributed by atoms with Gasteiger partial charge in [-0.2, -0.15) is 0 Å². The van der Waals surface area contributed by atoms with Crippen molar-refractivity contribution in [3.63, 3.8) is 0 Å². The molecular weight excluding hydrogens is 110 g/mol. The molecule has 0 aromatic carbocycles. The zero-order valence-electron chi connectivity index (χ0n) is 7.71. The zero-order valence-corrected chi connectivity index (χ0v) is 7.71. The van der Waals surface area contributed by atoms with Crippen LogP contribution in [0.5, 0.6) is 0 Å². The maximum Gasteiger partial charge on any atom is -0.0167 e. The third-order valence-corrected chi connectivity index (χ3v) is 1.06. The molecule has 0 aliphatic rings. The van der Waals surface area contributed by atoms with Gasteiger partial charge in [0.25, 0.3) is 0 Å². The Morgan fingerprint density at radius 3 is 1.22 bits per heavy atom. The topological polar surface area (TPSA) is 12.0 Å². The van der Waals surface area contributed by atoms with Crippen molar-refractivity contribution in [1.29, 1.82) is 0 Å². The number of hydrogen-bond donors (Lipinski definition) is 1. The minimum absolute atomic E-state index is 0.542. The lowest BCUT2D eigenvalue weighted by atomic mass is 9.94. The summed E-state index contributed by atoms with van der Waals surface area (Å²) >= 11 is 0. The van der Waals surface area contributed by atoms with Gasteiger partial charge in [0.15, 0.2) is 0 Å². The first-order valence-electron chi connectivity index (χ1n) is 3.56. The number of nitrogens with one attached hydrogen (secondary N) is 1. The smallest absolute Gasteiger partial charge is 0.0167 e. The van der Waals surface area contributed by atoms with E-state index in [0.717, 1.165) is 0 Å². The van der Waals surface area contributed by atoms with Gasteiger partial charge in [0.1, 0.15) is 0 Å². The van der Waals surface area contributed by atoms with Gasteiger partial charge in [0, 0.05) is 0 Å². The molecule has 0 aromatic heterocycles. The summed E-state index contributed by atoms with van der Waals surface area (Å²) in [6.07, 6.45) is 1.27. The third-order valence-electron chi connectivity index (χ3n) is 1.06. The molecule has 0 saturated heterocycles. The maximum absolute atomic E-state index is 2.75. The SMILES string of the molecule is CCC(C)(C)C.CNC. The zero-order chi connectivity index (χ0) is 7.91. The average molecular weight is 131 g/mol. The van der Waals surface area contributed by atoms with Crippen LogP contribution in [0.1, 0.15) is 34.1 Å². The van der Waals surface area contributed by atoms with Crippen LogP contribution < -0.4 is 5.32 Å². The van der Waals surface area contributed by atoms with E-state index in [4.69, 9.17) is 0 Å². The van der Waals surface area contributed by atoms with Crippen molar-refractivity contribution in [2.45, 2.75) is 34.1 Å². The summed E-state index contributed by atoms with van der Waals surface area (Å²) in [5.74, 6) is 0. The highest BCUT2D eigenvalue weighted by atomic mass is 14.7. The molecule has 0 aliphatic carbocycles. The molecule has 0 heterocycles. The van der Waals surface area contributed by atoms with Crippen LogP contribution in [0.2, 0.25) is 0 Å². The van der Waals surface area contributed by atoms with Gasteiger partial charge >= 0.3 is 0 Å². The second-order valence-corrected chi connectivity index (χ2v) is 3.41. The van der Waals surface area contributed by atoms with E-state index in [1.54, 1.807) is 0 Å². The number of rotatable bonds is 0. The number of hydrogen-bond acceptors (Lipinski definition) is 1. The highest BCUT2D eigenvalue weighted by Crippen LogP contribution is 2.16. The Morgan fingerprint density at radius 1 is 1.11 bits per heavy atom. The monoisotopic (exact) mass is 131 g/mol. The summed E-state index contributed by atoms with van der Waals surface area (Å²) in [5.41, 5.74) is 0.542. The van der Waals surface area contributed by atoms with Gasteiger partial charge in [0.2, 0.25) is 0 Å². The second kappa shape index (κ2) is 6.09. The van der Waals surface area contributed by atoms with Gasteiger partial charge in [-0.05, 0) is 19.5 Å². The normalized spacial score (nSPS) is 10.0. The van der Waals surface area contributed by atoms with Crippen molar-refractivity contribution in [1.82, 2.24) is 5.32 Å². The van der Waals surface area contributed by atoms with Crippen LogP contribution in [0.15, 0.2) is 0 Å². The molecule has 0 fully saturated rings. The predicted molar refractivity (Wildman–Crippen MR) is 44.7 cm³/mol. The molecule has 0 spiro atoms. The van der Waals surface area contributed by atoms with Gasteiger partial charge in [-0.1, -0.05) is 34.1 Å². The first-order valence-corrected chi connectivity index (χ1v) is 3.56. The van der Waals surface area contributed by atoms with Gasteiger partial charge < -0.3 is 5.32 Å². The quantitative estimate of drug-likeness (QED) is 0.532. The van der Waals surface area contributed by atoms with Gasteiger partial charge in [-0.3, -0.25) is 0 Å². The Balaban J connectivity index is 0. The van der Waals surface area contributed by atoms with Crippen molar-refractivity contribution in [3.05, 3.63) is 0 Å². The fourth-order valence-corrected chi connectivity index (χ4v) is 0. The Hall–Kier alpha value is -0.0400. The Kier molecular flexibility index (Phi) is 7.92. The lowest BCUT2D eigenvalue weighted by Gasteiger charge is -2.12. The molecule has 0 rings (SSSR count). The van der Waals surface area contributed by atoms with E-state index < -0.39 is 0 Å². The van der Waals surface area contributed by atoms with Crippen LogP contribution in [0.4, 0.5) is 0 Å². The molecule has 1 nitrogen and oxygen atoms in total. The standard InChI is InChI=1S/C6H14.C2H7N/c1-5-6(2,3)4;1-3-2/h5H2,1-4H3;3H,1-2H3. The van der Waals surface area contributed by atoms with Crippen molar-refractivity contribution in [3.8, 4) is 0 Å². The molecule has 0 atom stereocenters. The van der Waals surface area contributed by atoms with E-state index in [0.29, 0.717) is 5.41 Å². The van der Waals surface area contributed by atoms with Crippen LogP contribution in [0.3, 0.4) is 0 Å². The first kappa shape index (κ1) is 11.7. The summed E-state index contributed by atoms with van der Waals surface area (Å²) in [7, 11) is 3.75. The van der Waals surface area contributed by atoms with Gasteiger partial charge in [-0.25, -0.2) is 0 Å². The molecule has 0 unspecified atom stereocenters. The predicted octanol–water partition coefficient (Wildman–Crippen LogP) is 2.28. The molecule has 1 N–H and O–H groups in total. The van der Waals surface area contributed by atoms with Gasteiger partial charge in [0.05, 0.1) is 0 Å². The molecular formula is C8H21N. The Labute approximate surface area is 59.8 Å². The minimum atomic E-state index is 0.542. The third kappa shape index (κ3) is 32.3. The van der Waals surface area contributed by atoms with E-state index in [9.17, 15) is 0 Å². The molecule has 0 aromatic rings. The molecule has 0 saturated carbocycles. The molecule has 0 bridgehead atoms. The fourth-order valence-electron chi connectivity index (χ4n) is 0. The molecule has 0 radical (unpaired) electrons. The van der Waals surface area contributed by atoms with Crippen molar-refractivity contribution >= 4 is 0 Å². The summed E-state index contributed by atoms with van der Waals surface area (Å²) in [5, 5.41) is 2.75. The van der Waals surface area contributed by atoms with Crippen LogP contribution in [-0.2, 0) is 0 Å². The summed E-state index contributed by atoms with van der Waals surface area (Å²) < 4.78 is 0. The summed E-state index contributed by atoms with van der Waals surface area (Å²) in [4.78, 5) is 0. The molecule has 0 amide bonds.